The molecule has 3 rings (SSSR count). The second kappa shape index (κ2) is 5.55. The molecule has 6 nitrogen and oxygen atoms in total. The molecular weight excluding hydrogens is 282 g/mol. The predicted molar refractivity (Wildman–Crippen MR) is 79.4 cm³/mol. The molecule has 0 saturated heterocycles. The SMILES string of the molecule is Cc1ccc2nc(C)cc(C(=O)OCc3nnc(C)o3)c2c1. The Morgan fingerprint density at radius 2 is 2.00 bits per heavy atom. The summed E-state index contributed by atoms with van der Waals surface area (Å²) in [7, 11) is 0. The zero-order valence-electron chi connectivity index (χ0n) is 12.6. The van der Waals surface area contributed by atoms with E-state index in [-0.39, 0.29) is 12.5 Å². The highest BCUT2D eigenvalue weighted by Gasteiger charge is 2.15. The first kappa shape index (κ1) is 14.2. The van der Waals surface area contributed by atoms with Gasteiger partial charge in [0.15, 0.2) is 6.61 Å². The van der Waals surface area contributed by atoms with Gasteiger partial charge in [0.25, 0.3) is 5.89 Å². The summed E-state index contributed by atoms with van der Waals surface area (Å²) in [6.45, 7) is 5.45. The van der Waals surface area contributed by atoms with Crippen molar-refractivity contribution in [3.8, 4) is 0 Å². The maximum atomic E-state index is 12.4. The van der Waals surface area contributed by atoms with E-state index in [1.165, 1.54) is 0 Å². The Balaban J connectivity index is 1.91. The minimum absolute atomic E-state index is 0.0473. The predicted octanol–water partition coefficient (Wildman–Crippen LogP) is 2.90. The van der Waals surface area contributed by atoms with Crippen molar-refractivity contribution in [2.45, 2.75) is 27.4 Å². The summed E-state index contributed by atoms with van der Waals surface area (Å²) in [5.74, 6) is 0.279. The lowest BCUT2D eigenvalue weighted by Crippen LogP contribution is -2.07. The van der Waals surface area contributed by atoms with Gasteiger partial charge in [0, 0.05) is 18.0 Å². The van der Waals surface area contributed by atoms with Crippen LogP contribution in [-0.4, -0.2) is 21.2 Å². The van der Waals surface area contributed by atoms with E-state index in [2.05, 4.69) is 15.2 Å². The number of aromatic nitrogens is 3. The van der Waals surface area contributed by atoms with E-state index in [1.807, 2.05) is 32.0 Å². The van der Waals surface area contributed by atoms with Crippen molar-refractivity contribution >= 4 is 16.9 Å². The highest BCUT2D eigenvalue weighted by molar-refractivity contribution is 6.03. The highest BCUT2D eigenvalue weighted by atomic mass is 16.5. The molecule has 0 aliphatic heterocycles. The fourth-order valence-electron chi connectivity index (χ4n) is 2.24. The van der Waals surface area contributed by atoms with Gasteiger partial charge in [-0.25, -0.2) is 4.79 Å². The van der Waals surface area contributed by atoms with Crippen LogP contribution >= 0.6 is 0 Å². The summed E-state index contributed by atoms with van der Waals surface area (Å²) >= 11 is 0. The number of carbonyl (C=O) groups is 1. The van der Waals surface area contributed by atoms with Crippen molar-refractivity contribution in [1.82, 2.24) is 15.2 Å². The summed E-state index contributed by atoms with van der Waals surface area (Å²) in [6.07, 6.45) is 0. The molecule has 112 valence electrons. The van der Waals surface area contributed by atoms with Gasteiger partial charge < -0.3 is 9.15 Å². The van der Waals surface area contributed by atoms with Crippen molar-refractivity contribution in [1.29, 1.82) is 0 Å². The number of pyridine rings is 1. The number of hydrogen-bond donors (Lipinski definition) is 0. The molecule has 3 aromatic rings. The topological polar surface area (TPSA) is 78.1 Å². The second-order valence-electron chi connectivity index (χ2n) is 5.12. The third-order valence-electron chi connectivity index (χ3n) is 3.21. The summed E-state index contributed by atoms with van der Waals surface area (Å²) in [5.41, 5.74) is 3.07. The van der Waals surface area contributed by atoms with Gasteiger partial charge in [-0.3, -0.25) is 4.98 Å². The monoisotopic (exact) mass is 297 g/mol. The molecule has 2 heterocycles. The molecule has 0 saturated carbocycles. The highest BCUT2D eigenvalue weighted by Crippen LogP contribution is 2.21. The molecule has 22 heavy (non-hydrogen) atoms. The lowest BCUT2D eigenvalue weighted by Gasteiger charge is -2.08. The van der Waals surface area contributed by atoms with E-state index in [1.54, 1.807) is 13.0 Å². The fraction of sp³-hybridized carbons (Fsp3) is 0.250. The van der Waals surface area contributed by atoms with Crippen LogP contribution < -0.4 is 0 Å². The van der Waals surface area contributed by atoms with E-state index < -0.39 is 5.97 Å². The van der Waals surface area contributed by atoms with Gasteiger partial charge in [0.05, 0.1) is 11.1 Å². The van der Waals surface area contributed by atoms with Gasteiger partial charge in [-0.05, 0) is 32.0 Å². The van der Waals surface area contributed by atoms with E-state index in [0.717, 1.165) is 22.2 Å². The Labute approximate surface area is 127 Å². The molecule has 0 spiro atoms. The molecule has 1 aromatic carbocycles. The molecule has 0 aliphatic carbocycles. The quantitative estimate of drug-likeness (QED) is 0.692. The van der Waals surface area contributed by atoms with Crippen LogP contribution in [0.5, 0.6) is 0 Å². The van der Waals surface area contributed by atoms with Gasteiger partial charge in [-0.1, -0.05) is 11.6 Å². The Bertz CT molecular complexity index is 855. The van der Waals surface area contributed by atoms with Crippen LogP contribution in [0.1, 0.15) is 33.4 Å². The lowest BCUT2D eigenvalue weighted by molar-refractivity contribution is 0.0439. The molecule has 0 unspecified atom stereocenters. The van der Waals surface area contributed by atoms with Crippen molar-refractivity contribution in [3.63, 3.8) is 0 Å². The summed E-state index contributed by atoms with van der Waals surface area (Å²) in [4.78, 5) is 16.8. The average molecular weight is 297 g/mol. The van der Waals surface area contributed by atoms with Crippen molar-refractivity contribution < 1.29 is 13.9 Å². The van der Waals surface area contributed by atoms with Crippen molar-refractivity contribution in [3.05, 3.63) is 52.9 Å². The number of nitrogens with zero attached hydrogens (tertiary/aromatic N) is 3. The van der Waals surface area contributed by atoms with Crippen LogP contribution in [-0.2, 0) is 11.3 Å². The number of hydrogen-bond acceptors (Lipinski definition) is 6. The van der Waals surface area contributed by atoms with Crippen molar-refractivity contribution in [2.24, 2.45) is 0 Å². The first-order valence-corrected chi connectivity index (χ1v) is 6.87. The molecule has 0 amide bonds. The van der Waals surface area contributed by atoms with E-state index >= 15 is 0 Å². The molecule has 0 bridgehead atoms. The Hall–Kier alpha value is -2.76. The summed E-state index contributed by atoms with van der Waals surface area (Å²) in [5, 5.41) is 8.27. The molecule has 0 aliphatic rings. The van der Waals surface area contributed by atoms with Gasteiger partial charge in [0.2, 0.25) is 5.89 Å². The smallest absolute Gasteiger partial charge is 0.339 e. The molecule has 0 fully saturated rings. The molecule has 0 atom stereocenters. The maximum absolute atomic E-state index is 12.4. The third-order valence-corrected chi connectivity index (χ3v) is 3.21. The maximum Gasteiger partial charge on any atom is 0.339 e. The van der Waals surface area contributed by atoms with E-state index in [0.29, 0.717) is 11.5 Å². The van der Waals surface area contributed by atoms with Gasteiger partial charge in [-0.15, -0.1) is 10.2 Å². The lowest BCUT2D eigenvalue weighted by atomic mass is 10.1. The zero-order valence-corrected chi connectivity index (χ0v) is 12.6. The first-order chi connectivity index (χ1) is 10.5. The Morgan fingerprint density at radius 1 is 1.18 bits per heavy atom. The third kappa shape index (κ3) is 2.81. The number of rotatable bonds is 3. The van der Waals surface area contributed by atoms with Crippen LogP contribution in [0.3, 0.4) is 0 Å². The molecule has 2 aromatic heterocycles. The van der Waals surface area contributed by atoms with Gasteiger partial charge in [0.1, 0.15) is 0 Å². The minimum atomic E-state index is -0.433. The van der Waals surface area contributed by atoms with Gasteiger partial charge in [-0.2, -0.15) is 0 Å². The molecule has 0 N–H and O–H groups in total. The minimum Gasteiger partial charge on any atom is -0.452 e. The van der Waals surface area contributed by atoms with Crippen LogP contribution in [0.4, 0.5) is 0 Å². The second-order valence-corrected chi connectivity index (χ2v) is 5.12. The van der Waals surface area contributed by atoms with Crippen LogP contribution in [0.2, 0.25) is 0 Å². The number of carbonyl (C=O) groups excluding carboxylic acids is 1. The number of aryl methyl sites for hydroxylation is 3. The number of benzene rings is 1. The molecular formula is C16H15N3O3. The van der Waals surface area contributed by atoms with Crippen LogP contribution in [0, 0.1) is 20.8 Å². The van der Waals surface area contributed by atoms with E-state index in [4.69, 9.17) is 9.15 Å². The number of ether oxygens (including phenoxy) is 1. The molecule has 0 radical (unpaired) electrons. The largest absolute Gasteiger partial charge is 0.452 e. The van der Waals surface area contributed by atoms with Crippen LogP contribution in [0.25, 0.3) is 10.9 Å². The zero-order chi connectivity index (χ0) is 15.7. The Kier molecular flexibility index (Phi) is 3.58. The van der Waals surface area contributed by atoms with E-state index in [9.17, 15) is 4.79 Å². The first-order valence-electron chi connectivity index (χ1n) is 6.87. The molecule has 6 heteroatoms. The van der Waals surface area contributed by atoms with Crippen LogP contribution in [0.15, 0.2) is 28.7 Å². The Morgan fingerprint density at radius 3 is 2.73 bits per heavy atom. The van der Waals surface area contributed by atoms with Crippen molar-refractivity contribution in [2.75, 3.05) is 0 Å². The standard InChI is InChI=1S/C16H15N3O3/c1-9-4-5-14-12(6-9)13(7-10(2)17-14)16(20)21-8-15-19-18-11(3)22-15/h4-7H,8H2,1-3H3. The van der Waals surface area contributed by atoms with Gasteiger partial charge >= 0.3 is 5.97 Å². The normalized spacial score (nSPS) is 10.9. The number of esters is 1. The number of fused-ring (bicyclic) bond motifs is 1. The average Bonchev–Trinajstić information content (AvgIpc) is 2.90. The summed E-state index contributed by atoms with van der Waals surface area (Å²) in [6, 6.07) is 7.51. The summed E-state index contributed by atoms with van der Waals surface area (Å²) < 4.78 is 10.5. The fourth-order valence-corrected chi connectivity index (χ4v) is 2.24.